The van der Waals surface area contributed by atoms with Gasteiger partial charge in [0.15, 0.2) is 0 Å². The molecule has 0 saturated carbocycles. The molecule has 0 aromatic rings. The van der Waals surface area contributed by atoms with Crippen LogP contribution in [0.5, 0.6) is 0 Å². The molecule has 0 bridgehead atoms. The number of carboxylic acids is 2. The summed E-state index contributed by atoms with van der Waals surface area (Å²) >= 11 is 0. The molecule has 0 aromatic heterocycles. The molecule has 0 atom stereocenters. The van der Waals surface area contributed by atoms with E-state index < -0.39 is 11.9 Å². The van der Waals surface area contributed by atoms with Gasteiger partial charge in [-0.1, -0.05) is 0 Å². The molecule has 7 heteroatoms. The second kappa shape index (κ2) is 9.51. The van der Waals surface area contributed by atoms with Crippen LogP contribution in [0.2, 0.25) is 0 Å². The number of hydrogen-bond donors (Lipinski definition) is 2. The second-order valence-electron chi connectivity index (χ2n) is 1.96. The van der Waals surface area contributed by atoms with Gasteiger partial charge in [0.25, 0.3) is 0 Å². The fourth-order valence-electron chi connectivity index (χ4n) is 0.518. The van der Waals surface area contributed by atoms with Gasteiger partial charge in [0, 0.05) is 17.1 Å². The Morgan fingerprint density at radius 3 is 1.58 bits per heavy atom. The normalized spacial score (nSPS) is 8.17. The molecule has 0 radical (unpaired) electrons. The van der Waals surface area contributed by atoms with Crippen molar-refractivity contribution in [3.8, 4) is 0 Å². The van der Waals surface area contributed by atoms with E-state index in [1.807, 2.05) is 0 Å². The second-order valence-corrected chi connectivity index (χ2v) is 1.96. The van der Waals surface area contributed by atoms with Gasteiger partial charge in [-0.15, -0.1) is 0 Å². The van der Waals surface area contributed by atoms with Gasteiger partial charge in [-0.2, -0.15) is 0 Å². The molecule has 0 unspecified atom stereocenters. The van der Waals surface area contributed by atoms with E-state index in [9.17, 15) is 9.59 Å². The molecular weight excluding hydrogens is 217 g/mol. The summed E-state index contributed by atoms with van der Waals surface area (Å²) in [5.74, 6) is -2.05. The van der Waals surface area contributed by atoms with Gasteiger partial charge in [-0.3, -0.25) is 14.5 Å². The van der Waals surface area contributed by atoms with E-state index in [2.05, 4.69) is 0 Å². The molecular formula is C5H10FeNNaO4. The van der Waals surface area contributed by atoms with Crippen LogP contribution in [0, 0.1) is 0 Å². The standard InChI is InChI=1S/C5H9NO4.Fe.Na.H/c1-6(2-4(7)8)3-5(9)10;;;/h2-3H2,1H3,(H,7,8)(H,9,10);;;. The van der Waals surface area contributed by atoms with Gasteiger partial charge < -0.3 is 10.2 Å². The Kier molecular flexibility index (Phi) is 14.5. The Hall–Kier alpha value is 0.419. The Balaban J connectivity index is -0.000000405. The van der Waals surface area contributed by atoms with Gasteiger partial charge >= 0.3 is 41.5 Å². The molecule has 0 aliphatic rings. The summed E-state index contributed by atoms with van der Waals surface area (Å²) in [7, 11) is 1.43. The fourth-order valence-corrected chi connectivity index (χ4v) is 0.518. The third-order valence-corrected chi connectivity index (χ3v) is 0.810. The average molecular weight is 227 g/mol. The number of carboxylic acid groups (broad SMARTS) is 2. The Morgan fingerprint density at radius 1 is 1.17 bits per heavy atom. The van der Waals surface area contributed by atoms with E-state index in [0.717, 1.165) is 0 Å². The van der Waals surface area contributed by atoms with Crippen LogP contribution in [0.1, 0.15) is 0 Å². The molecule has 0 amide bonds. The molecule has 0 aliphatic carbocycles. The summed E-state index contributed by atoms with van der Waals surface area (Å²) in [5.41, 5.74) is 0. The van der Waals surface area contributed by atoms with Crippen LogP contribution in [0.4, 0.5) is 0 Å². The maximum atomic E-state index is 9.96. The molecule has 0 fully saturated rings. The summed E-state index contributed by atoms with van der Waals surface area (Å²) < 4.78 is 0. The van der Waals surface area contributed by atoms with Crippen LogP contribution in [-0.4, -0.2) is 76.7 Å². The maximum absolute atomic E-state index is 9.96. The molecule has 12 heavy (non-hydrogen) atoms. The first-order valence-electron chi connectivity index (χ1n) is 2.64. The third-order valence-electron chi connectivity index (χ3n) is 0.810. The first kappa shape index (κ1) is 18.3. The molecule has 0 aromatic carbocycles. The summed E-state index contributed by atoms with van der Waals surface area (Å²) in [6.07, 6.45) is 0. The molecule has 68 valence electrons. The fraction of sp³-hybridized carbons (Fsp3) is 0.600. The van der Waals surface area contributed by atoms with E-state index in [-0.39, 0.29) is 59.7 Å². The average Bonchev–Trinajstić information content (AvgIpc) is 1.58. The minimum atomic E-state index is -1.02. The van der Waals surface area contributed by atoms with Crippen LogP contribution in [0.15, 0.2) is 0 Å². The van der Waals surface area contributed by atoms with Crippen LogP contribution < -0.4 is 0 Å². The number of aliphatic carboxylic acids is 2. The Bertz CT molecular complexity index is 138. The predicted octanol–water partition coefficient (Wildman–Crippen LogP) is -1.56. The zero-order chi connectivity index (χ0) is 8.15. The summed E-state index contributed by atoms with van der Waals surface area (Å²) in [6, 6.07) is 0. The Morgan fingerprint density at radius 2 is 1.42 bits per heavy atom. The Labute approximate surface area is 103 Å². The molecule has 0 heterocycles. The molecule has 5 nitrogen and oxygen atoms in total. The van der Waals surface area contributed by atoms with Crippen molar-refractivity contribution in [2.24, 2.45) is 0 Å². The van der Waals surface area contributed by atoms with Crippen LogP contribution in [0.3, 0.4) is 0 Å². The number of rotatable bonds is 4. The summed E-state index contributed by atoms with van der Waals surface area (Å²) in [4.78, 5) is 21.1. The number of hydrogen-bond acceptors (Lipinski definition) is 3. The zero-order valence-electron chi connectivity index (χ0n) is 5.93. The van der Waals surface area contributed by atoms with Crippen molar-refractivity contribution in [3.05, 3.63) is 0 Å². The molecule has 0 aliphatic heterocycles. The van der Waals surface area contributed by atoms with Gasteiger partial charge in [0.05, 0.1) is 13.1 Å². The number of nitrogens with zero attached hydrogens (tertiary/aromatic N) is 1. The number of likely N-dealkylation sites (N-methyl/N-ethyl adjacent to an activating group) is 1. The molecule has 0 rings (SSSR count). The van der Waals surface area contributed by atoms with E-state index in [0.29, 0.717) is 0 Å². The SMILES string of the molecule is CN(CC(=O)O)CC(=O)O.[Fe].[NaH]. The zero-order valence-corrected chi connectivity index (χ0v) is 7.03. The number of carbonyl (C=O) groups is 2. The third kappa shape index (κ3) is 13.0. The topological polar surface area (TPSA) is 77.8 Å². The van der Waals surface area contributed by atoms with Crippen molar-refractivity contribution in [2.45, 2.75) is 0 Å². The summed E-state index contributed by atoms with van der Waals surface area (Å²) in [6.45, 7) is -0.488. The first-order valence-corrected chi connectivity index (χ1v) is 2.64. The van der Waals surface area contributed by atoms with Crippen molar-refractivity contribution >= 4 is 41.5 Å². The van der Waals surface area contributed by atoms with Crippen molar-refractivity contribution in [2.75, 3.05) is 20.1 Å². The van der Waals surface area contributed by atoms with E-state index in [1.165, 1.54) is 11.9 Å². The van der Waals surface area contributed by atoms with Crippen LogP contribution >= 0.6 is 0 Å². The van der Waals surface area contributed by atoms with Gasteiger partial charge in [0.2, 0.25) is 0 Å². The molecule has 0 saturated heterocycles. The van der Waals surface area contributed by atoms with Crippen molar-refractivity contribution in [3.63, 3.8) is 0 Å². The van der Waals surface area contributed by atoms with E-state index in [1.54, 1.807) is 0 Å². The van der Waals surface area contributed by atoms with Crippen molar-refractivity contribution < 1.29 is 36.9 Å². The molecule has 0 spiro atoms. The van der Waals surface area contributed by atoms with Crippen molar-refractivity contribution in [1.82, 2.24) is 4.90 Å². The van der Waals surface area contributed by atoms with Crippen LogP contribution in [-0.2, 0) is 26.7 Å². The quantitative estimate of drug-likeness (QED) is 0.567. The van der Waals surface area contributed by atoms with Gasteiger partial charge in [-0.05, 0) is 7.05 Å². The monoisotopic (exact) mass is 227 g/mol. The van der Waals surface area contributed by atoms with Gasteiger partial charge in [0.1, 0.15) is 0 Å². The van der Waals surface area contributed by atoms with Crippen LogP contribution in [0.25, 0.3) is 0 Å². The van der Waals surface area contributed by atoms with E-state index >= 15 is 0 Å². The van der Waals surface area contributed by atoms with E-state index in [4.69, 9.17) is 10.2 Å². The predicted molar refractivity (Wildman–Crippen MR) is 39.9 cm³/mol. The first-order chi connectivity index (χ1) is 4.52. The van der Waals surface area contributed by atoms with Gasteiger partial charge in [-0.25, -0.2) is 0 Å². The summed E-state index contributed by atoms with van der Waals surface area (Å²) in [5, 5.41) is 16.3. The molecule has 2 N–H and O–H groups in total. The van der Waals surface area contributed by atoms with Crippen molar-refractivity contribution in [1.29, 1.82) is 0 Å². The minimum absolute atomic E-state index is 0.